The Bertz CT molecular complexity index is 329. The minimum absolute atomic E-state index is 0.492. The van der Waals surface area contributed by atoms with Crippen LogP contribution in [0.1, 0.15) is 12.5 Å². The van der Waals surface area contributed by atoms with E-state index in [1.807, 2.05) is 19.1 Å². The number of aryl methyl sites for hydroxylation is 1. The average molecular weight is 197 g/mol. The van der Waals surface area contributed by atoms with Crippen LogP contribution in [0.5, 0.6) is 0 Å². The van der Waals surface area contributed by atoms with Crippen LogP contribution < -0.4 is 11.0 Å². The predicted octanol–water partition coefficient (Wildman–Crippen LogP) is 1.05. The number of hydrogen-bond acceptors (Lipinski definition) is 5. The van der Waals surface area contributed by atoms with Crippen LogP contribution in [0.15, 0.2) is 24.3 Å². The summed E-state index contributed by atoms with van der Waals surface area (Å²) in [5.41, 5.74) is 1.38. The van der Waals surface area contributed by atoms with Crippen molar-refractivity contribution in [3.8, 4) is 0 Å². The maximum atomic E-state index is 10.0. The molecule has 0 saturated carbocycles. The molecule has 6 nitrogen and oxygen atoms in total. The number of nitrogens with two attached hydrogens (primary N) is 1. The summed E-state index contributed by atoms with van der Waals surface area (Å²) >= 11 is 0. The largest absolute Gasteiger partial charge is 0.318 e. The molecule has 0 spiro atoms. The van der Waals surface area contributed by atoms with Gasteiger partial charge in [0.1, 0.15) is 0 Å². The van der Waals surface area contributed by atoms with Gasteiger partial charge in [-0.25, -0.2) is 5.84 Å². The predicted molar refractivity (Wildman–Crippen MR) is 50.6 cm³/mol. The summed E-state index contributed by atoms with van der Waals surface area (Å²) in [5.74, 6) is 5.34. The van der Waals surface area contributed by atoms with Crippen LogP contribution in [0.4, 0.5) is 5.69 Å². The Balaban J connectivity index is 2.87. The van der Waals surface area contributed by atoms with E-state index in [0.717, 1.165) is 12.0 Å². The van der Waals surface area contributed by atoms with Gasteiger partial charge >= 0.3 is 5.09 Å². The Hall–Kier alpha value is -1.82. The number of nitrogens with zero attached hydrogens (tertiary/aromatic N) is 2. The zero-order valence-corrected chi connectivity index (χ0v) is 7.71. The van der Waals surface area contributed by atoms with Crippen LogP contribution in [0.2, 0.25) is 0 Å². The Morgan fingerprint density at radius 2 is 2.21 bits per heavy atom. The fourth-order valence-corrected chi connectivity index (χ4v) is 1.14. The number of rotatable bonds is 4. The van der Waals surface area contributed by atoms with E-state index in [1.165, 1.54) is 0 Å². The second-order valence-electron chi connectivity index (χ2n) is 2.61. The smallest absolute Gasteiger partial charge is 0.223 e. The quantitative estimate of drug-likeness (QED) is 0.443. The van der Waals surface area contributed by atoms with Gasteiger partial charge in [0.05, 0.1) is 5.69 Å². The van der Waals surface area contributed by atoms with Crippen LogP contribution in [0, 0.1) is 10.1 Å². The highest BCUT2D eigenvalue weighted by molar-refractivity contribution is 5.50. The standard InChI is InChI=1S/C8H11N3O3/c1-2-7-5-3-4-6-8(7)10(9)14-11(12)13/h3-6H,2,9H2,1H3. The first-order valence-electron chi connectivity index (χ1n) is 4.10. The minimum atomic E-state index is -0.952. The Labute approximate surface area is 80.9 Å². The minimum Gasteiger partial charge on any atom is -0.223 e. The van der Waals surface area contributed by atoms with E-state index in [4.69, 9.17) is 5.84 Å². The van der Waals surface area contributed by atoms with Crippen molar-refractivity contribution in [2.24, 2.45) is 5.84 Å². The Morgan fingerprint density at radius 1 is 1.57 bits per heavy atom. The fourth-order valence-electron chi connectivity index (χ4n) is 1.14. The van der Waals surface area contributed by atoms with Gasteiger partial charge in [0.2, 0.25) is 0 Å². The normalized spacial score (nSPS) is 9.57. The summed E-state index contributed by atoms with van der Waals surface area (Å²) in [6, 6.07) is 7.06. The molecule has 0 bridgehead atoms. The number of para-hydroxylation sites is 1. The van der Waals surface area contributed by atoms with Gasteiger partial charge in [-0.2, -0.15) is 4.94 Å². The zero-order chi connectivity index (χ0) is 10.6. The molecule has 0 aliphatic heterocycles. The second kappa shape index (κ2) is 4.43. The first-order chi connectivity index (χ1) is 6.65. The highest BCUT2D eigenvalue weighted by atomic mass is 17.0. The van der Waals surface area contributed by atoms with Crippen molar-refractivity contribution in [2.45, 2.75) is 13.3 Å². The number of benzene rings is 1. The van der Waals surface area contributed by atoms with E-state index in [2.05, 4.69) is 4.94 Å². The molecule has 1 aromatic rings. The molecule has 0 unspecified atom stereocenters. The summed E-state index contributed by atoms with van der Waals surface area (Å²) in [4.78, 5) is 14.2. The monoisotopic (exact) mass is 197 g/mol. The van der Waals surface area contributed by atoms with E-state index in [-0.39, 0.29) is 0 Å². The van der Waals surface area contributed by atoms with Crippen molar-refractivity contribution in [2.75, 3.05) is 5.17 Å². The topological polar surface area (TPSA) is 81.6 Å². The van der Waals surface area contributed by atoms with Gasteiger partial charge in [0.15, 0.2) is 0 Å². The SMILES string of the molecule is CCc1ccccc1N(N)O[N+](=O)[O-]. The first-order valence-corrected chi connectivity index (χ1v) is 4.10. The van der Waals surface area contributed by atoms with Crippen LogP contribution in [-0.4, -0.2) is 5.09 Å². The van der Waals surface area contributed by atoms with Crippen LogP contribution in [0.25, 0.3) is 0 Å². The lowest BCUT2D eigenvalue weighted by atomic mass is 10.1. The zero-order valence-electron chi connectivity index (χ0n) is 7.71. The second-order valence-corrected chi connectivity index (χ2v) is 2.61. The third-order valence-corrected chi connectivity index (χ3v) is 1.76. The summed E-state index contributed by atoms with van der Waals surface area (Å²) in [7, 11) is 0. The molecule has 1 aromatic carbocycles. The van der Waals surface area contributed by atoms with Gasteiger partial charge < -0.3 is 0 Å². The molecule has 14 heavy (non-hydrogen) atoms. The van der Waals surface area contributed by atoms with Crippen molar-refractivity contribution in [3.63, 3.8) is 0 Å². The molecule has 0 atom stereocenters. The molecule has 0 aliphatic carbocycles. The van der Waals surface area contributed by atoms with Gasteiger partial charge in [-0.3, -0.25) is 0 Å². The van der Waals surface area contributed by atoms with Crippen molar-refractivity contribution < 1.29 is 10.0 Å². The van der Waals surface area contributed by atoms with Crippen molar-refractivity contribution in [1.82, 2.24) is 0 Å². The molecule has 0 amide bonds. The molecule has 0 heterocycles. The number of hydrogen-bond donors (Lipinski definition) is 1. The van der Waals surface area contributed by atoms with Gasteiger partial charge in [-0.15, -0.1) is 15.3 Å². The van der Waals surface area contributed by atoms with Crippen molar-refractivity contribution in [1.29, 1.82) is 0 Å². The van der Waals surface area contributed by atoms with Crippen LogP contribution in [0.3, 0.4) is 0 Å². The molecule has 2 N–H and O–H groups in total. The summed E-state index contributed by atoms with van der Waals surface area (Å²) in [6.45, 7) is 1.93. The Morgan fingerprint density at radius 3 is 2.79 bits per heavy atom. The van der Waals surface area contributed by atoms with E-state index in [0.29, 0.717) is 10.9 Å². The van der Waals surface area contributed by atoms with Crippen molar-refractivity contribution in [3.05, 3.63) is 39.9 Å². The lowest BCUT2D eigenvalue weighted by Crippen LogP contribution is -2.34. The molecular weight excluding hydrogens is 186 g/mol. The van der Waals surface area contributed by atoms with Gasteiger partial charge in [-0.05, 0) is 18.1 Å². The average Bonchev–Trinajstić information content (AvgIpc) is 2.16. The summed E-state index contributed by atoms with van der Waals surface area (Å²) < 4.78 is 0. The molecule has 1 rings (SSSR count). The molecule has 0 aliphatic rings. The van der Waals surface area contributed by atoms with E-state index in [9.17, 15) is 10.1 Å². The molecule has 6 heteroatoms. The van der Waals surface area contributed by atoms with E-state index < -0.39 is 5.09 Å². The fraction of sp³-hybridized carbons (Fsp3) is 0.250. The molecule has 0 radical (unpaired) electrons. The van der Waals surface area contributed by atoms with Crippen LogP contribution >= 0.6 is 0 Å². The third kappa shape index (κ3) is 2.33. The lowest BCUT2D eigenvalue weighted by Gasteiger charge is -2.16. The first kappa shape index (κ1) is 10.3. The number of anilines is 1. The summed E-state index contributed by atoms with van der Waals surface area (Å²) in [6.07, 6.45) is 0.727. The van der Waals surface area contributed by atoms with Gasteiger partial charge in [0, 0.05) is 0 Å². The van der Waals surface area contributed by atoms with E-state index >= 15 is 0 Å². The van der Waals surface area contributed by atoms with E-state index in [1.54, 1.807) is 12.1 Å². The highest BCUT2D eigenvalue weighted by Crippen LogP contribution is 2.18. The Kier molecular flexibility index (Phi) is 3.24. The van der Waals surface area contributed by atoms with Gasteiger partial charge in [-0.1, -0.05) is 25.1 Å². The van der Waals surface area contributed by atoms with Crippen molar-refractivity contribution >= 4 is 5.69 Å². The molecule has 0 fully saturated rings. The summed E-state index contributed by atoms with van der Waals surface area (Å²) in [5, 5.41) is 9.74. The third-order valence-electron chi connectivity index (χ3n) is 1.76. The highest BCUT2D eigenvalue weighted by Gasteiger charge is 2.09. The maximum Gasteiger partial charge on any atom is 0.318 e. The number of hydrazine groups is 1. The van der Waals surface area contributed by atoms with Gasteiger partial charge in [0.25, 0.3) is 0 Å². The van der Waals surface area contributed by atoms with Crippen LogP contribution in [-0.2, 0) is 11.4 Å². The lowest BCUT2D eigenvalue weighted by molar-refractivity contribution is -0.762. The maximum absolute atomic E-state index is 10.0. The molecule has 76 valence electrons. The molecule has 0 saturated heterocycles. The molecule has 0 aromatic heterocycles. The molecular formula is C8H11N3O3.